The number of carbonyl (C=O) groups is 1. The summed E-state index contributed by atoms with van der Waals surface area (Å²) in [4.78, 5) is 10.5. The lowest BCUT2D eigenvalue weighted by Crippen LogP contribution is -2.20. The number of carboxylic acid groups (broad SMARTS) is 1. The second-order valence-corrected chi connectivity index (χ2v) is 5.82. The highest BCUT2D eigenvalue weighted by Gasteiger charge is 2.22. The summed E-state index contributed by atoms with van der Waals surface area (Å²) >= 11 is 0. The molecule has 0 radical (unpaired) electrons. The van der Waals surface area contributed by atoms with Gasteiger partial charge >= 0.3 is 5.97 Å². The van der Waals surface area contributed by atoms with E-state index in [9.17, 15) is 9.90 Å². The van der Waals surface area contributed by atoms with E-state index in [-0.39, 0.29) is 6.42 Å². The fraction of sp³-hybridized carbons (Fsp3) is 0.316. The van der Waals surface area contributed by atoms with Crippen LogP contribution in [0.2, 0.25) is 0 Å². The Balaban J connectivity index is 2.01. The first kappa shape index (κ1) is 16.2. The molecule has 0 spiro atoms. The van der Waals surface area contributed by atoms with E-state index in [0.717, 1.165) is 16.7 Å². The Kier molecular flexibility index (Phi) is 5.34. The zero-order valence-electron chi connectivity index (χ0n) is 12.8. The number of aliphatic carboxylic acids is 1. The van der Waals surface area contributed by atoms with Crippen LogP contribution in [0.5, 0.6) is 0 Å². The molecule has 0 amide bonds. The first-order chi connectivity index (χ1) is 10.5. The molecule has 2 rings (SSSR count). The molecule has 0 fully saturated rings. The zero-order valence-corrected chi connectivity index (χ0v) is 12.8. The third-order valence-electron chi connectivity index (χ3n) is 3.92. The maximum atomic E-state index is 10.6. The van der Waals surface area contributed by atoms with Crippen molar-refractivity contribution in [2.45, 2.75) is 38.2 Å². The molecule has 0 aliphatic carbocycles. The van der Waals surface area contributed by atoms with Crippen molar-refractivity contribution in [3.05, 3.63) is 60.2 Å². The van der Waals surface area contributed by atoms with Crippen LogP contribution in [0.25, 0.3) is 11.1 Å². The molecule has 116 valence electrons. The summed E-state index contributed by atoms with van der Waals surface area (Å²) < 4.78 is 0. The van der Waals surface area contributed by atoms with Crippen LogP contribution >= 0.6 is 0 Å². The number of unbranched alkanes of at least 4 members (excludes halogenated alkanes) is 1. The maximum absolute atomic E-state index is 10.6. The van der Waals surface area contributed by atoms with Gasteiger partial charge in [-0.15, -0.1) is 0 Å². The standard InChI is InChI=1S/C19H22O3/c1-19(22,14-6-5-9-18(20)21)17-12-10-16(11-13-17)15-7-3-2-4-8-15/h2-4,7-8,10-13,22H,5-6,9,14H2,1H3,(H,20,21). The number of aliphatic hydroxyl groups is 1. The van der Waals surface area contributed by atoms with E-state index in [4.69, 9.17) is 5.11 Å². The average Bonchev–Trinajstić information content (AvgIpc) is 2.52. The van der Waals surface area contributed by atoms with Crippen molar-refractivity contribution in [3.63, 3.8) is 0 Å². The molecule has 0 saturated heterocycles. The molecule has 1 unspecified atom stereocenters. The molecular formula is C19H22O3. The molecule has 3 heteroatoms. The monoisotopic (exact) mass is 298 g/mol. The molecule has 0 bridgehead atoms. The van der Waals surface area contributed by atoms with E-state index in [2.05, 4.69) is 12.1 Å². The Morgan fingerprint density at radius 1 is 0.955 bits per heavy atom. The van der Waals surface area contributed by atoms with Crippen LogP contribution in [0.15, 0.2) is 54.6 Å². The van der Waals surface area contributed by atoms with Gasteiger partial charge in [-0.2, -0.15) is 0 Å². The molecule has 0 aliphatic rings. The lowest BCUT2D eigenvalue weighted by molar-refractivity contribution is -0.137. The van der Waals surface area contributed by atoms with Crippen molar-refractivity contribution >= 4 is 5.97 Å². The average molecular weight is 298 g/mol. The highest BCUT2D eigenvalue weighted by atomic mass is 16.4. The van der Waals surface area contributed by atoms with Gasteiger partial charge in [0.25, 0.3) is 0 Å². The minimum atomic E-state index is -0.923. The third kappa shape index (κ3) is 4.43. The molecule has 3 nitrogen and oxygen atoms in total. The fourth-order valence-corrected chi connectivity index (χ4v) is 2.54. The van der Waals surface area contributed by atoms with E-state index in [0.29, 0.717) is 19.3 Å². The van der Waals surface area contributed by atoms with Crippen LogP contribution in [0.3, 0.4) is 0 Å². The summed E-state index contributed by atoms with van der Waals surface area (Å²) in [5.41, 5.74) is 2.21. The van der Waals surface area contributed by atoms with Crippen molar-refractivity contribution in [2.24, 2.45) is 0 Å². The van der Waals surface area contributed by atoms with Crippen LogP contribution in [0, 0.1) is 0 Å². The molecule has 2 aromatic carbocycles. The van der Waals surface area contributed by atoms with Gasteiger partial charge in [0.2, 0.25) is 0 Å². The summed E-state index contributed by atoms with van der Waals surface area (Å²) in [6, 6.07) is 18.0. The van der Waals surface area contributed by atoms with Gasteiger partial charge in [0.15, 0.2) is 0 Å². The predicted octanol–water partition coefficient (Wildman–Crippen LogP) is 4.21. The Bertz CT molecular complexity index is 600. The van der Waals surface area contributed by atoms with E-state index in [1.807, 2.05) is 42.5 Å². The smallest absolute Gasteiger partial charge is 0.303 e. The van der Waals surface area contributed by atoms with Gasteiger partial charge in [-0.3, -0.25) is 4.79 Å². The van der Waals surface area contributed by atoms with Gasteiger partial charge in [0.1, 0.15) is 0 Å². The van der Waals surface area contributed by atoms with Gasteiger partial charge in [-0.1, -0.05) is 54.6 Å². The van der Waals surface area contributed by atoms with E-state index in [1.54, 1.807) is 6.92 Å². The number of benzene rings is 2. The molecule has 2 N–H and O–H groups in total. The normalized spacial score (nSPS) is 13.5. The van der Waals surface area contributed by atoms with Crippen LogP contribution < -0.4 is 0 Å². The summed E-state index contributed by atoms with van der Waals surface area (Å²) in [6.07, 6.45) is 2.00. The fourth-order valence-electron chi connectivity index (χ4n) is 2.54. The van der Waals surface area contributed by atoms with Crippen molar-refractivity contribution in [3.8, 4) is 11.1 Å². The number of rotatable bonds is 7. The number of hydrogen-bond acceptors (Lipinski definition) is 2. The second-order valence-electron chi connectivity index (χ2n) is 5.82. The minimum Gasteiger partial charge on any atom is -0.481 e. The SMILES string of the molecule is CC(O)(CCCCC(=O)O)c1ccc(-c2ccccc2)cc1. The highest BCUT2D eigenvalue weighted by molar-refractivity contribution is 5.66. The predicted molar refractivity (Wildman–Crippen MR) is 87.6 cm³/mol. The van der Waals surface area contributed by atoms with Crippen LogP contribution in [0.4, 0.5) is 0 Å². The third-order valence-corrected chi connectivity index (χ3v) is 3.92. The maximum Gasteiger partial charge on any atom is 0.303 e. The molecule has 0 aromatic heterocycles. The second kappa shape index (κ2) is 7.23. The molecule has 1 atom stereocenters. The zero-order chi connectivity index (χ0) is 16.0. The Hall–Kier alpha value is -2.13. The summed E-state index contributed by atoms with van der Waals surface area (Å²) in [5, 5.41) is 19.2. The summed E-state index contributed by atoms with van der Waals surface area (Å²) in [6.45, 7) is 1.78. The van der Waals surface area contributed by atoms with Gasteiger partial charge in [0, 0.05) is 6.42 Å². The van der Waals surface area contributed by atoms with Crippen molar-refractivity contribution < 1.29 is 15.0 Å². The van der Waals surface area contributed by atoms with Gasteiger partial charge in [0.05, 0.1) is 5.60 Å². The molecular weight excluding hydrogens is 276 g/mol. The molecule has 2 aromatic rings. The van der Waals surface area contributed by atoms with Crippen molar-refractivity contribution in [1.29, 1.82) is 0 Å². The molecule has 0 aliphatic heterocycles. The Morgan fingerprint density at radius 2 is 1.55 bits per heavy atom. The van der Waals surface area contributed by atoms with Crippen LogP contribution in [0.1, 0.15) is 38.2 Å². The Morgan fingerprint density at radius 3 is 2.14 bits per heavy atom. The quantitative estimate of drug-likeness (QED) is 0.753. The lowest BCUT2D eigenvalue weighted by atomic mass is 9.89. The molecule has 22 heavy (non-hydrogen) atoms. The first-order valence-corrected chi connectivity index (χ1v) is 7.59. The van der Waals surface area contributed by atoms with Crippen LogP contribution in [-0.2, 0) is 10.4 Å². The number of carboxylic acids is 1. The molecule has 0 heterocycles. The Labute approximate surface area is 131 Å². The number of hydrogen-bond donors (Lipinski definition) is 2. The lowest BCUT2D eigenvalue weighted by Gasteiger charge is -2.24. The van der Waals surface area contributed by atoms with Gasteiger partial charge in [-0.25, -0.2) is 0 Å². The van der Waals surface area contributed by atoms with Gasteiger partial charge < -0.3 is 10.2 Å². The first-order valence-electron chi connectivity index (χ1n) is 7.59. The minimum absolute atomic E-state index is 0.156. The van der Waals surface area contributed by atoms with Crippen molar-refractivity contribution in [2.75, 3.05) is 0 Å². The van der Waals surface area contributed by atoms with Crippen molar-refractivity contribution in [1.82, 2.24) is 0 Å². The van der Waals surface area contributed by atoms with E-state index in [1.165, 1.54) is 0 Å². The highest BCUT2D eigenvalue weighted by Crippen LogP contribution is 2.29. The van der Waals surface area contributed by atoms with Gasteiger partial charge in [-0.05, 0) is 42.9 Å². The summed E-state index contributed by atoms with van der Waals surface area (Å²) in [7, 11) is 0. The van der Waals surface area contributed by atoms with E-state index >= 15 is 0 Å². The summed E-state index contributed by atoms with van der Waals surface area (Å²) in [5.74, 6) is -0.785. The van der Waals surface area contributed by atoms with E-state index < -0.39 is 11.6 Å². The largest absolute Gasteiger partial charge is 0.481 e. The topological polar surface area (TPSA) is 57.5 Å². The molecule has 0 saturated carbocycles. The van der Waals surface area contributed by atoms with Crippen LogP contribution in [-0.4, -0.2) is 16.2 Å².